The van der Waals surface area contributed by atoms with Crippen LogP contribution in [-0.2, 0) is 16.1 Å². The summed E-state index contributed by atoms with van der Waals surface area (Å²) >= 11 is 10.5. The fourth-order valence-corrected chi connectivity index (χ4v) is 4.51. The van der Waals surface area contributed by atoms with Crippen LogP contribution >= 0.6 is 56.8 Å². The largest absolute Gasteiger partial charge is 0.493 e. The normalized spacial score (nSPS) is 14.3. The van der Waals surface area contributed by atoms with E-state index in [0.717, 1.165) is 12.7 Å². The number of benzene rings is 3. The van der Waals surface area contributed by atoms with Crippen molar-refractivity contribution in [3.8, 4) is 11.5 Å². The molecule has 0 aromatic heterocycles. The van der Waals surface area contributed by atoms with Gasteiger partial charge in [0.25, 0.3) is 0 Å². The Morgan fingerprint density at radius 3 is 2.61 bits per heavy atom. The topological polar surface area (TPSA) is 57.1 Å². The number of halogens is 4. The van der Waals surface area contributed by atoms with E-state index < -0.39 is 5.97 Å². The maximum atomic E-state index is 13.1. The lowest BCUT2D eigenvalue weighted by Gasteiger charge is -2.14. The molecule has 168 valence electrons. The number of carbonyl (C=O) groups excluding carboxylic acids is 1. The highest BCUT2D eigenvalue weighted by Gasteiger charge is 2.26. The third-order valence-corrected chi connectivity index (χ3v) is 6.43. The number of hydrogen-bond acceptors (Lipinski definition) is 5. The van der Waals surface area contributed by atoms with Crippen molar-refractivity contribution in [2.45, 2.75) is 6.61 Å². The van der Waals surface area contributed by atoms with Gasteiger partial charge in [0.1, 0.15) is 12.4 Å². The number of aliphatic imine (C=N–C) groups is 1. The molecule has 5 nitrogen and oxygen atoms in total. The molecule has 3 aromatic carbocycles. The van der Waals surface area contributed by atoms with Crippen LogP contribution < -0.4 is 9.47 Å². The van der Waals surface area contributed by atoms with Crippen molar-refractivity contribution < 1.29 is 23.4 Å². The van der Waals surface area contributed by atoms with Crippen LogP contribution in [0.2, 0.25) is 5.02 Å². The van der Waals surface area contributed by atoms with E-state index in [4.69, 9.17) is 25.8 Å². The zero-order valence-corrected chi connectivity index (χ0v) is 22.1. The van der Waals surface area contributed by atoms with Crippen molar-refractivity contribution in [1.29, 1.82) is 0 Å². The lowest BCUT2D eigenvalue weighted by Crippen LogP contribution is -2.06. The van der Waals surface area contributed by atoms with Crippen molar-refractivity contribution in [1.82, 2.24) is 0 Å². The summed E-state index contributed by atoms with van der Waals surface area (Å²) in [7, 11) is 1.53. The molecule has 0 spiro atoms. The molecule has 33 heavy (non-hydrogen) atoms. The zero-order valence-electron chi connectivity index (χ0n) is 17.1. The van der Waals surface area contributed by atoms with E-state index in [2.05, 4.69) is 50.2 Å². The molecule has 0 N–H and O–H groups in total. The second-order valence-corrected chi connectivity index (χ2v) is 9.72. The number of cyclic esters (lactones) is 1. The summed E-state index contributed by atoms with van der Waals surface area (Å²) in [5.74, 6) is 0.338. The summed E-state index contributed by atoms with van der Waals surface area (Å²) in [6.07, 6.45) is 1.62. The zero-order chi connectivity index (χ0) is 23.5. The van der Waals surface area contributed by atoms with Gasteiger partial charge >= 0.3 is 5.97 Å². The molecule has 1 aliphatic rings. The molecule has 3 aromatic rings. The van der Waals surface area contributed by atoms with Gasteiger partial charge in [0.15, 0.2) is 17.2 Å². The first-order valence-electron chi connectivity index (χ1n) is 9.57. The van der Waals surface area contributed by atoms with Crippen molar-refractivity contribution in [2.75, 3.05) is 7.11 Å². The summed E-state index contributed by atoms with van der Waals surface area (Å²) in [5.41, 5.74) is 2.22. The summed E-state index contributed by atoms with van der Waals surface area (Å²) in [5, 5.41) is 0.446. The molecule has 0 radical (unpaired) electrons. The number of ether oxygens (including phenoxy) is 3. The monoisotopic (exact) mass is 689 g/mol. The Hall–Kier alpha value is -2.18. The minimum Gasteiger partial charge on any atom is -0.493 e. The second kappa shape index (κ2) is 10.4. The standard InChI is InChI=1S/C24H15ClFI2NO4/c1-31-21-10-14(8-19(28)22(21)32-12-13-2-4-15(26)5-3-13)9-20-24(30)33-23(29-20)17-11-16(27)6-7-18(17)25/h2-11H,12H2,1H3/b20-9-. The van der Waals surface area contributed by atoms with Crippen LogP contribution in [0.25, 0.3) is 6.08 Å². The van der Waals surface area contributed by atoms with Crippen molar-refractivity contribution in [3.63, 3.8) is 0 Å². The van der Waals surface area contributed by atoms with E-state index in [1.165, 1.54) is 19.2 Å². The minimum atomic E-state index is -0.564. The maximum absolute atomic E-state index is 13.1. The van der Waals surface area contributed by atoms with E-state index >= 15 is 0 Å². The van der Waals surface area contributed by atoms with Gasteiger partial charge in [0.05, 0.1) is 21.3 Å². The Labute approximate surface area is 221 Å². The minimum absolute atomic E-state index is 0.151. The third kappa shape index (κ3) is 5.67. The Morgan fingerprint density at radius 2 is 1.88 bits per heavy atom. The fraction of sp³-hybridized carbons (Fsp3) is 0.0833. The molecular formula is C24H15ClFI2NO4. The van der Waals surface area contributed by atoms with Gasteiger partial charge in [0, 0.05) is 3.57 Å². The molecule has 0 saturated heterocycles. The SMILES string of the molecule is COc1cc(/C=C2\N=C(c3cc(I)ccc3Cl)OC2=O)cc(I)c1OCc1ccc(F)cc1. The lowest BCUT2D eigenvalue weighted by molar-refractivity contribution is -0.129. The van der Waals surface area contributed by atoms with E-state index in [9.17, 15) is 9.18 Å². The quantitative estimate of drug-likeness (QED) is 0.166. The van der Waals surface area contributed by atoms with Gasteiger partial charge < -0.3 is 14.2 Å². The molecule has 0 atom stereocenters. The van der Waals surface area contributed by atoms with E-state index in [1.807, 2.05) is 12.1 Å². The number of carbonyl (C=O) groups is 1. The van der Waals surface area contributed by atoms with Crippen LogP contribution in [0.4, 0.5) is 4.39 Å². The molecule has 0 bridgehead atoms. The van der Waals surface area contributed by atoms with Gasteiger partial charge in [-0.05, 0) is 105 Å². The summed E-state index contributed by atoms with van der Waals surface area (Å²) in [6, 6.07) is 15.1. The van der Waals surface area contributed by atoms with Crippen LogP contribution in [-0.4, -0.2) is 19.0 Å². The van der Waals surface area contributed by atoms with Gasteiger partial charge in [-0.1, -0.05) is 23.7 Å². The molecular weight excluding hydrogens is 675 g/mol. The van der Waals surface area contributed by atoms with Crippen molar-refractivity contribution in [2.24, 2.45) is 4.99 Å². The first-order valence-corrected chi connectivity index (χ1v) is 12.1. The number of nitrogens with zero attached hydrogens (tertiary/aromatic N) is 1. The van der Waals surface area contributed by atoms with Gasteiger partial charge in [-0.25, -0.2) is 14.2 Å². The second-order valence-electron chi connectivity index (χ2n) is 6.91. The Morgan fingerprint density at radius 1 is 1.12 bits per heavy atom. The van der Waals surface area contributed by atoms with E-state index in [0.29, 0.717) is 27.6 Å². The highest BCUT2D eigenvalue weighted by Crippen LogP contribution is 2.36. The van der Waals surface area contributed by atoms with Crippen LogP contribution in [0.1, 0.15) is 16.7 Å². The molecule has 0 amide bonds. The Kier molecular flexibility index (Phi) is 7.55. The van der Waals surface area contributed by atoms with E-state index in [1.54, 1.807) is 36.4 Å². The van der Waals surface area contributed by atoms with Gasteiger partial charge in [-0.15, -0.1) is 0 Å². The average Bonchev–Trinajstić information content (AvgIpc) is 3.15. The van der Waals surface area contributed by atoms with Crippen LogP contribution in [0, 0.1) is 13.0 Å². The Bertz CT molecular complexity index is 1290. The fourth-order valence-electron chi connectivity index (χ4n) is 3.04. The smallest absolute Gasteiger partial charge is 0.363 e. The number of rotatable bonds is 6. The van der Waals surface area contributed by atoms with Crippen molar-refractivity contribution in [3.05, 3.63) is 95.0 Å². The first kappa shape index (κ1) is 24.0. The van der Waals surface area contributed by atoms with Gasteiger partial charge in [-0.2, -0.15) is 0 Å². The Balaban J connectivity index is 1.60. The van der Waals surface area contributed by atoms with Crippen LogP contribution in [0.3, 0.4) is 0 Å². The molecule has 0 aliphatic carbocycles. The number of methoxy groups -OCH3 is 1. The summed E-state index contributed by atoms with van der Waals surface area (Å²) in [6.45, 7) is 0.254. The molecule has 0 unspecified atom stereocenters. The molecule has 4 rings (SSSR count). The highest BCUT2D eigenvalue weighted by molar-refractivity contribution is 14.1. The van der Waals surface area contributed by atoms with E-state index in [-0.39, 0.29) is 24.0 Å². The third-order valence-electron chi connectivity index (χ3n) is 4.63. The summed E-state index contributed by atoms with van der Waals surface area (Å²) < 4.78 is 31.6. The van der Waals surface area contributed by atoms with Gasteiger partial charge in [0.2, 0.25) is 5.90 Å². The predicted molar refractivity (Wildman–Crippen MR) is 141 cm³/mol. The molecule has 0 fully saturated rings. The summed E-state index contributed by atoms with van der Waals surface area (Å²) in [4.78, 5) is 16.8. The number of esters is 1. The maximum Gasteiger partial charge on any atom is 0.363 e. The number of hydrogen-bond donors (Lipinski definition) is 0. The molecule has 1 aliphatic heterocycles. The molecule has 1 heterocycles. The highest BCUT2D eigenvalue weighted by atomic mass is 127. The van der Waals surface area contributed by atoms with Crippen molar-refractivity contribution >= 4 is 74.7 Å². The molecule has 0 saturated carbocycles. The predicted octanol–water partition coefficient (Wildman–Crippen LogP) is 6.62. The molecule has 9 heteroatoms. The average molecular weight is 690 g/mol. The van der Waals surface area contributed by atoms with Crippen LogP contribution in [0.5, 0.6) is 11.5 Å². The van der Waals surface area contributed by atoms with Gasteiger partial charge in [-0.3, -0.25) is 0 Å². The first-order chi connectivity index (χ1) is 15.8. The van der Waals surface area contributed by atoms with Crippen LogP contribution in [0.15, 0.2) is 65.3 Å². The lowest BCUT2D eigenvalue weighted by atomic mass is 10.1.